The van der Waals surface area contributed by atoms with Crippen LogP contribution in [0.5, 0.6) is 0 Å². The molecule has 2 heterocycles. The lowest BCUT2D eigenvalue weighted by molar-refractivity contribution is 0.150. The van der Waals surface area contributed by atoms with Crippen LogP contribution in [-0.2, 0) is 11.3 Å². The molecule has 20 heavy (non-hydrogen) atoms. The fraction of sp³-hybridized carbons (Fsp3) is 0.714. The van der Waals surface area contributed by atoms with Gasteiger partial charge in [0.1, 0.15) is 17.6 Å². The van der Waals surface area contributed by atoms with Crippen LogP contribution in [0.2, 0.25) is 5.15 Å². The van der Waals surface area contributed by atoms with E-state index in [2.05, 4.69) is 34.2 Å². The van der Waals surface area contributed by atoms with Crippen molar-refractivity contribution in [2.24, 2.45) is 5.41 Å². The van der Waals surface area contributed by atoms with Crippen molar-refractivity contribution in [3.63, 3.8) is 0 Å². The van der Waals surface area contributed by atoms with E-state index in [1.807, 2.05) is 0 Å². The lowest BCUT2D eigenvalue weighted by Gasteiger charge is -2.38. The van der Waals surface area contributed by atoms with Gasteiger partial charge in [-0.05, 0) is 38.4 Å². The third-order valence-electron chi connectivity index (χ3n) is 3.91. The van der Waals surface area contributed by atoms with E-state index in [1.54, 1.807) is 13.2 Å². The minimum absolute atomic E-state index is 0.311. The third-order valence-corrected chi connectivity index (χ3v) is 4.10. The SMILES string of the molecule is COCc1nc(Cl)cc(NCC2(C)CCN(C)CC2)n1. The monoisotopic (exact) mass is 298 g/mol. The van der Waals surface area contributed by atoms with E-state index in [9.17, 15) is 0 Å². The first-order chi connectivity index (χ1) is 9.50. The zero-order valence-electron chi connectivity index (χ0n) is 12.4. The van der Waals surface area contributed by atoms with Crippen molar-refractivity contribution in [3.05, 3.63) is 17.0 Å². The summed E-state index contributed by atoms with van der Waals surface area (Å²) in [4.78, 5) is 10.9. The number of aromatic nitrogens is 2. The zero-order chi connectivity index (χ0) is 14.6. The van der Waals surface area contributed by atoms with E-state index >= 15 is 0 Å². The Hall–Kier alpha value is -0.910. The maximum Gasteiger partial charge on any atom is 0.158 e. The second-order valence-electron chi connectivity index (χ2n) is 5.89. The Morgan fingerprint density at radius 2 is 2.10 bits per heavy atom. The number of hydrogen-bond acceptors (Lipinski definition) is 5. The van der Waals surface area contributed by atoms with Gasteiger partial charge in [0, 0.05) is 19.7 Å². The van der Waals surface area contributed by atoms with E-state index in [-0.39, 0.29) is 0 Å². The van der Waals surface area contributed by atoms with E-state index in [4.69, 9.17) is 16.3 Å². The second kappa shape index (κ2) is 6.70. The van der Waals surface area contributed by atoms with Crippen molar-refractivity contribution in [3.8, 4) is 0 Å². The lowest BCUT2D eigenvalue weighted by atomic mass is 9.80. The van der Waals surface area contributed by atoms with E-state index in [0.717, 1.165) is 25.5 Å². The van der Waals surface area contributed by atoms with Gasteiger partial charge < -0.3 is 15.0 Å². The van der Waals surface area contributed by atoms with Gasteiger partial charge in [0.15, 0.2) is 5.82 Å². The molecule has 2 rings (SSSR count). The fourth-order valence-electron chi connectivity index (χ4n) is 2.39. The van der Waals surface area contributed by atoms with Crippen LogP contribution >= 0.6 is 11.6 Å². The minimum Gasteiger partial charge on any atom is -0.377 e. The van der Waals surface area contributed by atoms with Gasteiger partial charge in [0.25, 0.3) is 0 Å². The molecule has 1 aromatic rings. The van der Waals surface area contributed by atoms with Gasteiger partial charge in [-0.2, -0.15) is 0 Å². The minimum atomic E-state index is 0.311. The number of hydrogen-bond donors (Lipinski definition) is 1. The fourth-order valence-corrected chi connectivity index (χ4v) is 2.59. The van der Waals surface area contributed by atoms with Crippen LogP contribution in [0.4, 0.5) is 5.82 Å². The average molecular weight is 299 g/mol. The molecule has 112 valence electrons. The molecule has 1 aromatic heterocycles. The Bertz CT molecular complexity index is 447. The second-order valence-corrected chi connectivity index (χ2v) is 6.28. The molecule has 1 fully saturated rings. The number of nitrogens with zero attached hydrogens (tertiary/aromatic N) is 3. The molecular weight excluding hydrogens is 276 g/mol. The number of nitrogens with one attached hydrogen (secondary N) is 1. The molecule has 0 amide bonds. The molecule has 1 N–H and O–H groups in total. The van der Waals surface area contributed by atoms with Crippen molar-refractivity contribution in [1.82, 2.24) is 14.9 Å². The summed E-state index contributed by atoms with van der Waals surface area (Å²) in [5.74, 6) is 1.38. The van der Waals surface area contributed by atoms with Gasteiger partial charge in [-0.15, -0.1) is 0 Å². The predicted molar refractivity (Wildman–Crippen MR) is 81.1 cm³/mol. The van der Waals surface area contributed by atoms with Crippen molar-refractivity contribution in [1.29, 1.82) is 0 Å². The number of likely N-dealkylation sites (tertiary alicyclic amines) is 1. The predicted octanol–water partition coefficient (Wildman–Crippen LogP) is 2.42. The van der Waals surface area contributed by atoms with Crippen LogP contribution in [-0.4, -0.2) is 48.7 Å². The smallest absolute Gasteiger partial charge is 0.158 e. The molecule has 0 unspecified atom stereocenters. The van der Waals surface area contributed by atoms with Gasteiger partial charge in [-0.25, -0.2) is 9.97 Å². The highest BCUT2D eigenvalue weighted by Crippen LogP contribution is 2.30. The third kappa shape index (κ3) is 4.30. The summed E-state index contributed by atoms with van der Waals surface area (Å²) in [5, 5.41) is 3.85. The van der Waals surface area contributed by atoms with Crippen LogP contribution in [0.1, 0.15) is 25.6 Å². The Morgan fingerprint density at radius 1 is 1.40 bits per heavy atom. The van der Waals surface area contributed by atoms with Gasteiger partial charge in [0.2, 0.25) is 0 Å². The van der Waals surface area contributed by atoms with Crippen LogP contribution in [0.25, 0.3) is 0 Å². The quantitative estimate of drug-likeness (QED) is 0.846. The Morgan fingerprint density at radius 3 is 2.75 bits per heavy atom. The van der Waals surface area contributed by atoms with E-state index in [0.29, 0.717) is 23.0 Å². The number of rotatable bonds is 5. The van der Waals surface area contributed by atoms with Crippen molar-refractivity contribution in [2.45, 2.75) is 26.4 Å². The molecule has 1 saturated heterocycles. The van der Waals surface area contributed by atoms with Crippen molar-refractivity contribution < 1.29 is 4.74 Å². The first-order valence-corrected chi connectivity index (χ1v) is 7.33. The number of ether oxygens (including phenoxy) is 1. The number of halogens is 1. The Balaban J connectivity index is 1.96. The van der Waals surface area contributed by atoms with E-state index in [1.165, 1.54) is 12.8 Å². The molecule has 0 aromatic carbocycles. The molecule has 5 nitrogen and oxygen atoms in total. The van der Waals surface area contributed by atoms with Crippen LogP contribution in [0.15, 0.2) is 6.07 Å². The maximum atomic E-state index is 6.01. The molecule has 0 saturated carbocycles. The Labute approximate surface area is 125 Å². The zero-order valence-corrected chi connectivity index (χ0v) is 13.2. The lowest BCUT2D eigenvalue weighted by Crippen LogP contribution is -2.40. The van der Waals surface area contributed by atoms with Crippen LogP contribution in [0, 0.1) is 5.41 Å². The first kappa shape index (κ1) is 15.5. The van der Waals surface area contributed by atoms with Crippen LogP contribution in [0.3, 0.4) is 0 Å². The highest BCUT2D eigenvalue weighted by atomic mass is 35.5. The highest BCUT2D eigenvalue weighted by molar-refractivity contribution is 6.29. The number of piperidine rings is 1. The molecule has 0 aliphatic carbocycles. The molecule has 0 spiro atoms. The topological polar surface area (TPSA) is 50.3 Å². The summed E-state index contributed by atoms with van der Waals surface area (Å²) in [5.41, 5.74) is 0.311. The molecule has 1 aliphatic heterocycles. The van der Waals surface area contributed by atoms with Crippen molar-refractivity contribution in [2.75, 3.05) is 39.1 Å². The molecule has 0 radical (unpaired) electrons. The summed E-state index contributed by atoms with van der Waals surface area (Å²) >= 11 is 6.01. The Kier molecular flexibility index (Phi) is 5.18. The summed E-state index contributed by atoms with van der Waals surface area (Å²) in [6.07, 6.45) is 2.39. The highest BCUT2D eigenvalue weighted by Gasteiger charge is 2.28. The van der Waals surface area contributed by atoms with Crippen LogP contribution < -0.4 is 5.32 Å². The summed E-state index contributed by atoms with van der Waals surface area (Å²) in [6, 6.07) is 1.76. The van der Waals surface area contributed by atoms with Gasteiger partial charge in [-0.1, -0.05) is 18.5 Å². The molecule has 0 atom stereocenters. The van der Waals surface area contributed by atoms with Crippen molar-refractivity contribution >= 4 is 17.4 Å². The van der Waals surface area contributed by atoms with Gasteiger partial charge in [0.05, 0.1) is 0 Å². The van der Waals surface area contributed by atoms with Gasteiger partial charge >= 0.3 is 0 Å². The number of anilines is 1. The standard InChI is InChI=1S/C14H23ClN4O/c1-14(4-6-19(2)7-5-14)10-16-12-8-11(15)17-13(18-12)9-20-3/h8H,4-7,9-10H2,1-3H3,(H,16,17,18). The average Bonchev–Trinajstić information content (AvgIpc) is 2.40. The number of methoxy groups -OCH3 is 1. The largest absolute Gasteiger partial charge is 0.377 e. The normalized spacial score (nSPS) is 19.0. The molecule has 6 heteroatoms. The first-order valence-electron chi connectivity index (χ1n) is 6.96. The van der Waals surface area contributed by atoms with E-state index < -0.39 is 0 Å². The molecule has 0 bridgehead atoms. The molecule has 1 aliphatic rings. The molecular formula is C14H23ClN4O. The summed E-state index contributed by atoms with van der Waals surface area (Å²) in [7, 11) is 3.80. The summed E-state index contributed by atoms with van der Waals surface area (Å²) < 4.78 is 5.05. The van der Waals surface area contributed by atoms with Gasteiger partial charge in [-0.3, -0.25) is 0 Å². The summed E-state index contributed by atoms with van der Waals surface area (Å²) in [6.45, 7) is 5.90. The maximum absolute atomic E-state index is 6.01.